The fourth-order valence-electron chi connectivity index (χ4n) is 1.82. The molecule has 9 heteroatoms. The highest BCUT2D eigenvalue weighted by atomic mass is 35.5. The smallest absolute Gasteiger partial charge is 0.344 e. The zero-order valence-corrected chi connectivity index (χ0v) is 14.8. The molecule has 0 heterocycles. The lowest BCUT2D eigenvalue weighted by Crippen LogP contribution is -2.30. The number of benzene rings is 2. The number of ether oxygens (including phenoxy) is 1. The molecule has 4 nitrogen and oxygen atoms in total. The lowest BCUT2D eigenvalue weighted by atomic mass is 10.2. The number of halogens is 5. The van der Waals surface area contributed by atoms with Crippen LogP contribution < -0.4 is 5.32 Å². The van der Waals surface area contributed by atoms with E-state index >= 15 is 0 Å². The van der Waals surface area contributed by atoms with E-state index in [-0.39, 0.29) is 20.8 Å². The molecule has 25 heavy (non-hydrogen) atoms. The standard InChI is InChI=1S/C16H10Cl3F2NO3/c1-7(25-16(24)14-11(20)3-2-4-12(14)21)15(23)22-13-6-9(18)8(17)5-10(13)19/h2-7H,1H3,(H,22,23). The molecule has 1 unspecified atom stereocenters. The molecule has 0 radical (unpaired) electrons. The van der Waals surface area contributed by atoms with Crippen molar-refractivity contribution in [3.63, 3.8) is 0 Å². The van der Waals surface area contributed by atoms with Crippen LogP contribution in [0.1, 0.15) is 17.3 Å². The molecular formula is C16H10Cl3F2NO3. The number of esters is 1. The van der Waals surface area contributed by atoms with Gasteiger partial charge < -0.3 is 10.1 Å². The summed E-state index contributed by atoms with van der Waals surface area (Å²) in [5, 5.41) is 2.84. The molecule has 0 spiro atoms. The minimum Gasteiger partial charge on any atom is -0.449 e. The van der Waals surface area contributed by atoms with Gasteiger partial charge >= 0.3 is 5.97 Å². The summed E-state index contributed by atoms with van der Waals surface area (Å²) >= 11 is 17.5. The SMILES string of the molecule is CC(OC(=O)c1c(F)cccc1F)C(=O)Nc1cc(Cl)c(Cl)cc1Cl. The quantitative estimate of drug-likeness (QED) is 0.565. The first kappa shape index (κ1) is 19.4. The Kier molecular flexibility index (Phi) is 6.21. The number of anilines is 1. The van der Waals surface area contributed by atoms with E-state index < -0.39 is 35.2 Å². The summed E-state index contributed by atoms with van der Waals surface area (Å²) in [6.45, 7) is 1.23. The Labute approximate surface area is 156 Å². The highest BCUT2D eigenvalue weighted by molar-refractivity contribution is 6.44. The summed E-state index contributed by atoms with van der Waals surface area (Å²) in [6, 6.07) is 5.55. The minimum absolute atomic E-state index is 0.112. The molecular weight excluding hydrogens is 399 g/mol. The van der Waals surface area contributed by atoms with E-state index in [1.807, 2.05) is 0 Å². The van der Waals surface area contributed by atoms with E-state index in [0.717, 1.165) is 18.2 Å². The maximum atomic E-state index is 13.5. The molecule has 132 valence electrons. The number of carbonyl (C=O) groups excluding carboxylic acids is 2. The van der Waals surface area contributed by atoms with Gasteiger partial charge in [-0.05, 0) is 31.2 Å². The van der Waals surface area contributed by atoms with Gasteiger partial charge in [0.2, 0.25) is 0 Å². The lowest BCUT2D eigenvalue weighted by Gasteiger charge is -2.15. The van der Waals surface area contributed by atoms with Gasteiger partial charge in [-0.15, -0.1) is 0 Å². The van der Waals surface area contributed by atoms with E-state index in [9.17, 15) is 18.4 Å². The Bertz CT molecular complexity index is 825. The Morgan fingerprint density at radius 2 is 1.60 bits per heavy atom. The molecule has 0 aliphatic heterocycles. The van der Waals surface area contributed by atoms with Crippen molar-refractivity contribution in [3.05, 3.63) is 62.6 Å². The Balaban J connectivity index is 2.11. The van der Waals surface area contributed by atoms with E-state index in [0.29, 0.717) is 0 Å². The molecule has 1 N–H and O–H groups in total. The molecule has 0 saturated carbocycles. The normalized spacial score (nSPS) is 11.8. The first-order valence-electron chi connectivity index (χ1n) is 6.81. The van der Waals surface area contributed by atoms with Crippen LogP contribution in [0.15, 0.2) is 30.3 Å². The van der Waals surface area contributed by atoms with Crippen LogP contribution in [0.3, 0.4) is 0 Å². The van der Waals surface area contributed by atoms with Crippen molar-refractivity contribution in [2.75, 3.05) is 5.32 Å². The summed E-state index contributed by atoms with van der Waals surface area (Å²) < 4.78 is 31.9. The number of hydrogen-bond acceptors (Lipinski definition) is 3. The molecule has 0 aliphatic rings. The summed E-state index contributed by atoms with van der Waals surface area (Å²) in [4.78, 5) is 24.0. The fraction of sp³-hybridized carbons (Fsp3) is 0.125. The lowest BCUT2D eigenvalue weighted by molar-refractivity contribution is -0.123. The van der Waals surface area contributed by atoms with Crippen LogP contribution in [0.4, 0.5) is 14.5 Å². The van der Waals surface area contributed by atoms with Gasteiger partial charge in [-0.2, -0.15) is 0 Å². The summed E-state index contributed by atoms with van der Waals surface area (Å²) in [6.07, 6.45) is -1.35. The Morgan fingerprint density at radius 3 is 2.20 bits per heavy atom. The number of rotatable bonds is 4. The van der Waals surface area contributed by atoms with Gasteiger partial charge in [0.25, 0.3) is 5.91 Å². The highest BCUT2D eigenvalue weighted by Gasteiger charge is 2.24. The molecule has 2 rings (SSSR count). The third-order valence-electron chi connectivity index (χ3n) is 3.09. The van der Waals surface area contributed by atoms with Crippen LogP contribution in [0, 0.1) is 11.6 Å². The monoisotopic (exact) mass is 407 g/mol. The zero-order valence-electron chi connectivity index (χ0n) is 12.6. The van der Waals surface area contributed by atoms with Crippen LogP contribution >= 0.6 is 34.8 Å². The Morgan fingerprint density at radius 1 is 1.04 bits per heavy atom. The van der Waals surface area contributed by atoms with Gasteiger partial charge in [-0.1, -0.05) is 40.9 Å². The first-order chi connectivity index (χ1) is 11.7. The molecule has 1 atom stereocenters. The van der Waals surface area contributed by atoms with E-state index in [2.05, 4.69) is 5.32 Å². The third-order valence-corrected chi connectivity index (χ3v) is 4.12. The minimum atomic E-state index is -1.35. The predicted octanol–water partition coefficient (Wildman–Crippen LogP) is 5.11. The fourth-order valence-corrected chi connectivity index (χ4v) is 2.41. The molecule has 0 aromatic heterocycles. The third kappa shape index (κ3) is 4.60. The topological polar surface area (TPSA) is 55.4 Å². The largest absolute Gasteiger partial charge is 0.449 e. The number of amides is 1. The predicted molar refractivity (Wildman–Crippen MR) is 91.3 cm³/mol. The van der Waals surface area contributed by atoms with E-state index in [4.69, 9.17) is 39.5 Å². The van der Waals surface area contributed by atoms with Crippen LogP contribution in [-0.2, 0) is 9.53 Å². The van der Waals surface area contributed by atoms with Crippen LogP contribution in [0.2, 0.25) is 15.1 Å². The molecule has 1 amide bonds. The molecule has 0 saturated heterocycles. The first-order valence-corrected chi connectivity index (χ1v) is 7.94. The van der Waals surface area contributed by atoms with Gasteiger partial charge in [-0.3, -0.25) is 4.79 Å². The Hall–Kier alpha value is -1.89. The van der Waals surface area contributed by atoms with E-state index in [1.54, 1.807) is 0 Å². The molecule has 2 aromatic rings. The molecule has 0 fully saturated rings. The van der Waals surface area contributed by atoms with Crippen molar-refractivity contribution in [3.8, 4) is 0 Å². The maximum Gasteiger partial charge on any atom is 0.344 e. The van der Waals surface area contributed by atoms with Crippen LogP contribution in [-0.4, -0.2) is 18.0 Å². The van der Waals surface area contributed by atoms with Crippen molar-refractivity contribution in [2.24, 2.45) is 0 Å². The second kappa shape index (κ2) is 7.99. The van der Waals surface area contributed by atoms with Crippen molar-refractivity contribution < 1.29 is 23.1 Å². The van der Waals surface area contributed by atoms with Gasteiger partial charge in [0.15, 0.2) is 6.10 Å². The van der Waals surface area contributed by atoms with Gasteiger partial charge in [0.05, 0.1) is 20.8 Å². The van der Waals surface area contributed by atoms with Gasteiger partial charge in [0.1, 0.15) is 17.2 Å². The summed E-state index contributed by atoms with van der Waals surface area (Å²) in [5.74, 6) is -4.26. The average Bonchev–Trinajstić information content (AvgIpc) is 2.52. The van der Waals surface area contributed by atoms with Crippen LogP contribution in [0.25, 0.3) is 0 Å². The second-order valence-corrected chi connectivity index (χ2v) is 6.10. The summed E-state index contributed by atoms with van der Waals surface area (Å²) in [5.41, 5.74) is -0.740. The molecule has 0 bridgehead atoms. The maximum absolute atomic E-state index is 13.5. The second-order valence-electron chi connectivity index (χ2n) is 4.88. The average molecular weight is 409 g/mol. The number of hydrogen-bond donors (Lipinski definition) is 1. The summed E-state index contributed by atoms with van der Waals surface area (Å²) in [7, 11) is 0. The van der Waals surface area contributed by atoms with Crippen molar-refractivity contribution in [1.82, 2.24) is 0 Å². The van der Waals surface area contributed by atoms with Crippen molar-refractivity contribution >= 4 is 52.4 Å². The van der Waals surface area contributed by atoms with E-state index in [1.165, 1.54) is 19.1 Å². The highest BCUT2D eigenvalue weighted by Crippen LogP contribution is 2.32. The number of nitrogens with one attached hydrogen (secondary N) is 1. The molecule has 0 aliphatic carbocycles. The van der Waals surface area contributed by atoms with Gasteiger partial charge in [0, 0.05) is 0 Å². The van der Waals surface area contributed by atoms with Crippen LogP contribution in [0.5, 0.6) is 0 Å². The van der Waals surface area contributed by atoms with Crippen molar-refractivity contribution in [1.29, 1.82) is 0 Å². The number of carbonyl (C=O) groups is 2. The van der Waals surface area contributed by atoms with Gasteiger partial charge in [-0.25, -0.2) is 13.6 Å². The van der Waals surface area contributed by atoms with Crippen molar-refractivity contribution in [2.45, 2.75) is 13.0 Å². The zero-order chi connectivity index (χ0) is 18.7. The molecule has 2 aromatic carbocycles.